The molecule has 1 aliphatic heterocycles. The van der Waals surface area contributed by atoms with E-state index in [1.54, 1.807) is 18.2 Å². The van der Waals surface area contributed by atoms with E-state index in [1.807, 2.05) is 80.5 Å². The Bertz CT molecular complexity index is 1190. The largest absolute Gasteiger partial charge is 0.488 e. The van der Waals surface area contributed by atoms with Crippen LogP contribution in [0, 0.1) is 6.92 Å². The second kappa shape index (κ2) is 8.98. The van der Waals surface area contributed by atoms with E-state index < -0.39 is 11.8 Å². The normalized spacial score (nSPS) is 14.6. The zero-order chi connectivity index (χ0) is 22.7. The van der Waals surface area contributed by atoms with Crippen LogP contribution in [0.25, 0.3) is 6.08 Å². The molecule has 0 radical (unpaired) electrons. The molecule has 6 nitrogen and oxygen atoms in total. The number of hydrazine groups is 1. The molecule has 0 aromatic heterocycles. The van der Waals surface area contributed by atoms with Crippen molar-refractivity contribution in [1.29, 1.82) is 0 Å². The molecule has 32 heavy (non-hydrogen) atoms. The Morgan fingerprint density at radius 3 is 2.47 bits per heavy atom. The number of nitrogens with zero attached hydrogens (tertiary/aromatic N) is 2. The molecular weight excluding hydrogens is 402 g/mol. The molecule has 162 valence electrons. The minimum absolute atomic E-state index is 0.0619. The smallest absolute Gasteiger partial charge is 0.282 e. The van der Waals surface area contributed by atoms with Crippen LogP contribution in [-0.4, -0.2) is 25.9 Å². The minimum Gasteiger partial charge on any atom is -0.488 e. The number of carbonyl (C=O) groups excluding carboxylic acids is 2. The van der Waals surface area contributed by atoms with Crippen LogP contribution in [0.15, 0.2) is 78.4 Å². The molecule has 0 bridgehead atoms. The van der Waals surface area contributed by atoms with Gasteiger partial charge in [-0.3, -0.25) is 15.0 Å². The number of nitrogens with one attached hydrogen (secondary N) is 1. The Balaban J connectivity index is 1.65. The van der Waals surface area contributed by atoms with Crippen LogP contribution in [-0.2, 0) is 16.2 Å². The average Bonchev–Trinajstić information content (AvgIpc) is 3.07. The highest BCUT2D eigenvalue weighted by molar-refractivity contribution is 6.31. The maximum Gasteiger partial charge on any atom is 0.282 e. The van der Waals surface area contributed by atoms with Crippen molar-refractivity contribution in [2.75, 3.05) is 24.0 Å². The van der Waals surface area contributed by atoms with Gasteiger partial charge in [0.2, 0.25) is 0 Å². The number of hydrogen-bond donors (Lipinski definition) is 1. The van der Waals surface area contributed by atoms with Crippen molar-refractivity contribution in [3.05, 3.63) is 95.1 Å². The molecular formula is C26H25N3O3. The van der Waals surface area contributed by atoms with Crippen LogP contribution in [0.1, 0.15) is 16.7 Å². The van der Waals surface area contributed by atoms with Crippen molar-refractivity contribution in [2.24, 2.45) is 0 Å². The Morgan fingerprint density at radius 1 is 0.969 bits per heavy atom. The van der Waals surface area contributed by atoms with Gasteiger partial charge in [0.25, 0.3) is 11.8 Å². The van der Waals surface area contributed by atoms with Gasteiger partial charge in [-0.25, -0.2) is 5.01 Å². The molecule has 3 aromatic rings. The quantitative estimate of drug-likeness (QED) is 0.475. The number of rotatable bonds is 6. The van der Waals surface area contributed by atoms with Gasteiger partial charge in [-0.1, -0.05) is 48.0 Å². The Hall–Kier alpha value is -4.06. The first-order valence-corrected chi connectivity index (χ1v) is 10.3. The van der Waals surface area contributed by atoms with E-state index in [0.29, 0.717) is 23.6 Å². The lowest BCUT2D eigenvalue weighted by molar-refractivity contribution is -0.117. The van der Waals surface area contributed by atoms with Crippen LogP contribution in [0.5, 0.6) is 5.75 Å². The van der Waals surface area contributed by atoms with Crippen molar-refractivity contribution < 1.29 is 14.3 Å². The van der Waals surface area contributed by atoms with Crippen molar-refractivity contribution in [1.82, 2.24) is 5.43 Å². The van der Waals surface area contributed by atoms with E-state index in [-0.39, 0.29) is 5.57 Å². The Morgan fingerprint density at radius 2 is 1.75 bits per heavy atom. The molecule has 1 fully saturated rings. The highest BCUT2D eigenvalue weighted by Gasteiger charge is 2.34. The summed E-state index contributed by atoms with van der Waals surface area (Å²) in [4.78, 5) is 27.5. The zero-order valence-electron chi connectivity index (χ0n) is 18.3. The fraction of sp³-hybridized carbons (Fsp3) is 0.154. The summed E-state index contributed by atoms with van der Waals surface area (Å²) in [6.45, 7) is 2.42. The third-order valence-corrected chi connectivity index (χ3v) is 5.20. The summed E-state index contributed by atoms with van der Waals surface area (Å²) in [7, 11) is 3.90. The molecule has 0 atom stereocenters. The van der Waals surface area contributed by atoms with Gasteiger partial charge < -0.3 is 9.64 Å². The molecule has 0 aliphatic carbocycles. The molecule has 1 heterocycles. The summed E-state index contributed by atoms with van der Waals surface area (Å²) < 4.78 is 6.13. The van der Waals surface area contributed by atoms with Gasteiger partial charge in [0.1, 0.15) is 17.9 Å². The van der Waals surface area contributed by atoms with Gasteiger partial charge in [-0.2, -0.15) is 0 Å². The summed E-state index contributed by atoms with van der Waals surface area (Å²) in [6, 6.07) is 22.8. The van der Waals surface area contributed by atoms with Crippen LogP contribution in [0.3, 0.4) is 0 Å². The van der Waals surface area contributed by atoms with Crippen molar-refractivity contribution in [3.63, 3.8) is 0 Å². The van der Waals surface area contributed by atoms with E-state index in [1.165, 1.54) is 5.01 Å². The van der Waals surface area contributed by atoms with Crippen LogP contribution < -0.4 is 20.1 Å². The summed E-state index contributed by atoms with van der Waals surface area (Å²) in [6.07, 6.45) is 1.59. The number of amides is 2. The van der Waals surface area contributed by atoms with E-state index in [0.717, 1.165) is 16.8 Å². The monoisotopic (exact) mass is 427 g/mol. The number of ether oxygens (including phenoxy) is 1. The van der Waals surface area contributed by atoms with Gasteiger partial charge in [0.05, 0.1) is 5.69 Å². The summed E-state index contributed by atoms with van der Waals surface area (Å²) in [5.74, 6) is -0.244. The van der Waals surface area contributed by atoms with Crippen LogP contribution in [0.2, 0.25) is 0 Å². The molecule has 6 heteroatoms. The first kappa shape index (κ1) is 21.2. The third kappa shape index (κ3) is 4.49. The van der Waals surface area contributed by atoms with Gasteiger partial charge in [0.15, 0.2) is 0 Å². The number of aryl methyl sites for hydroxylation is 1. The zero-order valence-corrected chi connectivity index (χ0v) is 18.3. The number of benzene rings is 3. The lowest BCUT2D eigenvalue weighted by Crippen LogP contribution is -2.35. The molecule has 3 aromatic carbocycles. The van der Waals surface area contributed by atoms with Gasteiger partial charge >= 0.3 is 0 Å². The predicted octanol–water partition coefficient (Wildman–Crippen LogP) is 4.10. The third-order valence-electron chi connectivity index (χ3n) is 5.20. The van der Waals surface area contributed by atoms with Crippen molar-refractivity contribution >= 4 is 29.3 Å². The fourth-order valence-corrected chi connectivity index (χ4v) is 3.48. The Kier molecular flexibility index (Phi) is 5.94. The fourth-order valence-electron chi connectivity index (χ4n) is 3.48. The number of hydrogen-bond acceptors (Lipinski definition) is 4. The topological polar surface area (TPSA) is 61.9 Å². The SMILES string of the molecule is Cc1cccc(COc2cc(N(C)C)ccc2/C=C2/C(=O)NN(c3ccccc3)C2=O)c1. The highest BCUT2D eigenvalue weighted by Crippen LogP contribution is 2.29. The number of anilines is 2. The number of carbonyl (C=O) groups is 2. The first-order chi connectivity index (χ1) is 15.4. The molecule has 1 saturated heterocycles. The molecule has 0 spiro atoms. The Labute approximate surface area is 187 Å². The van der Waals surface area contributed by atoms with Crippen LogP contribution in [0.4, 0.5) is 11.4 Å². The maximum absolute atomic E-state index is 12.9. The van der Waals surface area contributed by atoms with E-state index in [2.05, 4.69) is 11.5 Å². The van der Waals surface area contributed by atoms with Gasteiger partial charge in [-0.15, -0.1) is 0 Å². The highest BCUT2D eigenvalue weighted by atomic mass is 16.5. The maximum atomic E-state index is 12.9. The predicted molar refractivity (Wildman–Crippen MR) is 126 cm³/mol. The summed E-state index contributed by atoms with van der Waals surface area (Å²) in [5.41, 5.74) is 7.12. The molecule has 1 aliphatic rings. The minimum atomic E-state index is -0.444. The van der Waals surface area contributed by atoms with Crippen molar-refractivity contribution in [2.45, 2.75) is 13.5 Å². The molecule has 0 unspecified atom stereocenters. The average molecular weight is 428 g/mol. The van der Waals surface area contributed by atoms with E-state index >= 15 is 0 Å². The lowest BCUT2D eigenvalue weighted by atomic mass is 10.1. The van der Waals surface area contributed by atoms with Crippen LogP contribution >= 0.6 is 0 Å². The van der Waals surface area contributed by atoms with E-state index in [4.69, 9.17) is 4.74 Å². The molecule has 4 rings (SSSR count). The van der Waals surface area contributed by atoms with Gasteiger partial charge in [-0.05, 0) is 42.8 Å². The molecule has 1 N–H and O–H groups in total. The second-order valence-corrected chi connectivity index (χ2v) is 7.87. The molecule has 2 amide bonds. The van der Waals surface area contributed by atoms with Crippen molar-refractivity contribution in [3.8, 4) is 5.75 Å². The lowest BCUT2D eigenvalue weighted by Gasteiger charge is -2.16. The summed E-state index contributed by atoms with van der Waals surface area (Å²) >= 11 is 0. The number of para-hydroxylation sites is 1. The molecule has 0 saturated carbocycles. The first-order valence-electron chi connectivity index (χ1n) is 10.3. The standard InChI is InChI=1S/C26H25N3O3/c1-18-8-7-9-19(14-18)17-32-24-16-22(28(2)3)13-12-20(24)15-23-25(30)27-29(26(23)31)21-10-5-4-6-11-21/h4-16H,17H2,1-3H3,(H,27,30)/b23-15-. The van der Waals surface area contributed by atoms with Gasteiger partial charge in [0, 0.05) is 31.4 Å². The summed E-state index contributed by atoms with van der Waals surface area (Å²) in [5, 5.41) is 1.26. The van der Waals surface area contributed by atoms with E-state index in [9.17, 15) is 9.59 Å². The second-order valence-electron chi connectivity index (χ2n) is 7.87.